The quantitative estimate of drug-likeness (QED) is 0.656. The van der Waals surface area contributed by atoms with Crippen LogP contribution in [-0.2, 0) is 9.59 Å². The van der Waals surface area contributed by atoms with Crippen molar-refractivity contribution in [3.05, 3.63) is 35.5 Å². The minimum atomic E-state index is 0.106. The van der Waals surface area contributed by atoms with Crippen LogP contribution in [0.4, 0.5) is 0 Å². The number of fused-ring (bicyclic) bond motifs is 4. The molecule has 0 aliphatic heterocycles. The fraction of sp³-hybridized carbons (Fsp3) is 0.667. The molecule has 5 aliphatic carbocycles. The van der Waals surface area contributed by atoms with Gasteiger partial charge in [-0.1, -0.05) is 24.6 Å². The summed E-state index contributed by atoms with van der Waals surface area (Å²) in [7, 11) is 0. The Bertz CT molecular complexity index is 750. The molecule has 5 aliphatic rings. The summed E-state index contributed by atoms with van der Waals surface area (Å²) in [6, 6.07) is 0. The highest BCUT2D eigenvalue weighted by atomic mass is 16.1. The molecule has 5 rings (SSSR count). The van der Waals surface area contributed by atoms with Gasteiger partial charge in [-0.2, -0.15) is 0 Å². The van der Waals surface area contributed by atoms with Gasteiger partial charge in [0.25, 0.3) is 0 Å². The summed E-state index contributed by atoms with van der Waals surface area (Å²) < 4.78 is 0. The lowest BCUT2D eigenvalue weighted by Crippen LogP contribution is -2.42. The second-order valence-electron chi connectivity index (χ2n) is 9.71. The van der Waals surface area contributed by atoms with Crippen LogP contribution in [0.1, 0.15) is 64.7 Å². The van der Waals surface area contributed by atoms with Crippen LogP contribution >= 0.6 is 0 Å². The Hall–Kier alpha value is -1.44. The van der Waals surface area contributed by atoms with E-state index in [1.807, 2.05) is 0 Å². The third kappa shape index (κ3) is 2.30. The summed E-state index contributed by atoms with van der Waals surface area (Å²) in [4.78, 5) is 25.0. The van der Waals surface area contributed by atoms with Gasteiger partial charge < -0.3 is 0 Å². The van der Waals surface area contributed by atoms with Crippen molar-refractivity contribution in [2.75, 3.05) is 0 Å². The highest BCUT2D eigenvalue weighted by Crippen LogP contribution is 2.64. The van der Waals surface area contributed by atoms with Crippen molar-refractivity contribution in [1.82, 2.24) is 0 Å². The molecule has 0 heterocycles. The standard InChI is InChI=1S/C24H30O2/c1-3-14-13-21-20-8-6-16-12-17(25)7-9-18(16)19(20)10-11-24(21,2)22(14)23(26)15-4-5-15/h3,10,14-15,20-22H,1,4-9,11-13H2,2H3/t14-,20-,21+,22-,24+/m1/s1. The Labute approximate surface area is 156 Å². The second-order valence-corrected chi connectivity index (χ2v) is 9.71. The molecule has 5 atom stereocenters. The third-order valence-corrected chi connectivity index (χ3v) is 8.34. The number of carbonyl (C=O) groups is 2. The van der Waals surface area contributed by atoms with Gasteiger partial charge >= 0.3 is 0 Å². The smallest absolute Gasteiger partial charge is 0.140 e. The van der Waals surface area contributed by atoms with Gasteiger partial charge in [0.05, 0.1) is 0 Å². The summed E-state index contributed by atoms with van der Waals surface area (Å²) in [5.41, 5.74) is 4.62. The minimum absolute atomic E-state index is 0.106. The molecule has 26 heavy (non-hydrogen) atoms. The summed E-state index contributed by atoms with van der Waals surface area (Å²) in [5, 5.41) is 0. The first kappa shape index (κ1) is 16.7. The van der Waals surface area contributed by atoms with Crippen molar-refractivity contribution in [3.8, 4) is 0 Å². The SMILES string of the molecule is C=C[C@@H]1C[C@H]2[C@@H]3CCC4=C(CCC(=O)C4)C3=CC[C@]2(C)[C@H]1C(=O)C1CC1. The number of rotatable bonds is 3. The molecule has 0 saturated heterocycles. The maximum absolute atomic E-state index is 13.1. The fourth-order valence-electron chi connectivity index (χ4n) is 6.90. The summed E-state index contributed by atoms with van der Waals surface area (Å²) in [6.07, 6.45) is 13.6. The molecule has 2 saturated carbocycles. The molecular weight excluding hydrogens is 320 g/mol. The van der Waals surface area contributed by atoms with Crippen LogP contribution in [0, 0.1) is 35.0 Å². The number of carbonyl (C=O) groups excluding carboxylic acids is 2. The van der Waals surface area contributed by atoms with Gasteiger partial charge in [-0.15, -0.1) is 6.58 Å². The van der Waals surface area contributed by atoms with E-state index in [0.717, 1.165) is 44.9 Å². The lowest BCUT2D eigenvalue weighted by atomic mass is 9.56. The predicted molar refractivity (Wildman–Crippen MR) is 102 cm³/mol. The molecule has 0 spiro atoms. The molecule has 2 heteroatoms. The molecule has 0 unspecified atom stereocenters. The average Bonchev–Trinajstić information content (AvgIpc) is 3.43. The molecule has 0 bridgehead atoms. The average molecular weight is 351 g/mol. The predicted octanol–water partition coefficient (Wildman–Crippen LogP) is 5.20. The Morgan fingerprint density at radius 1 is 1.23 bits per heavy atom. The molecule has 0 N–H and O–H groups in total. The van der Waals surface area contributed by atoms with Crippen molar-refractivity contribution in [2.45, 2.75) is 64.7 Å². The Morgan fingerprint density at radius 3 is 2.77 bits per heavy atom. The molecule has 138 valence electrons. The Morgan fingerprint density at radius 2 is 2.04 bits per heavy atom. The van der Waals surface area contributed by atoms with Crippen molar-refractivity contribution in [3.63, 3.8) is 0 Å². The monoisotopic (exact) mass is 350 g/mol. The van der Waals surface area contributed by atoms with Crippen LogP contribution in [0.5, 0.6) is 0 Å². The van der Waals surface area contributed by atoms with E-state index in [1.165, 1.54) is 17.6 Å². The largest absolute Gasteiger partial charge is 0.299 e. The second kappa shape index (κ2) is 5.78. The summed E-state index contributed by atoms with van der Waals surface area (Å²) >= 11 is 0. The van der Waals surface area contributed by atoms with Gasteiger partial charge in [0.1, 0.15) is 11.6 Å². The van der Waals surface area contributed by atoms with E-state index in [0.29, 0.717) is 41.7 Å². The molecule has 2 fully saturated rings. The molecule has 0 aromatic rings. The molecule has 0 amide bonds. The van der Waals surface area contributed by atoms with E-state index in [4.69, 9.17) is 0 Å². The number of Topliss-reactive ketones (excluding diaryl/α,β-unsaturated/α-hetero) is 2. The maximum Gasteiger partial charge on any atom is 0.140 e. The van der Waals surface area contributed by atoms with Crippen LogP contribution in [0.2, 0.25) is 0 Å². The van der Waals surface area contributed by atoms with Gasteiger partial charge in [0.15, 0.2) is 0 Å². The van der Waals surface area contributed by atoms with Crippen LogP contribution in [-0.4, -0.2) is 11.6 Å². The van der Waals surface area contributed by atoms with E-state index < -0.39 is 0 Å². The normalized spacial score (nSPS) is 41.9. The highest BCUT2D eigenvalue weighted by molar-refractivity contribution is 5.87. The lowest BCUT2D eigenvalue weighted by molar-refractivity contribution is -0.129. The van der Waals surface area contributed by atoms with Gasteiger partial charge in [0.2, 0.25) is 0 Å². The van der Waals surface area contributed by atoms with Gasteiger partial charge in [0, 0.05) is 24.7 Å². The maximum atomic E-state index is 13.1. The topological polar surface area (TPSA) is 34.1 Å². The van der Waals surface area contributed by atoms with Crippen LogP contribution in [0.25, 0.3) is 0 Å². The highest BCUT2D eigenvalue weighted by Gasteiger charge is 2.59. The van der Waals surface area contributed by atoms with E-state index in [2.05, 4.69) is 25.7 Å². The van der Waals surface area contributed by atoms with Crippen molar-refractivity contribution >= 4 is 11.6 Å². The summed E-state index contributed by atoms with van der Waals surface area (Å²) in [6.45, 7) is 6.50. The van der Waals surface area contributed by atoms with Crippen LogP contribution in [0.15, 0.2) is 35.5 Å². The van der Waals surface area contributed by atoms with Gasteiger partial charge in [-0.3, -0.25) is 9.59 Å². The number of ketones is 2. The fourth-order valence-corrected chi connectivity index (χ4v) is 6.90. The number of hydrogen-bond acceptors (Lipinski definition) is 2. The first-order valence-electron chi connectivity index (χ1n) is 10.6. The molecule has 2 nitrogen and oxygen atoms in total. The Balaban J connectivity index is 1.52. The van der Waals surface area contributed by atoms with E-state index >= 15 is 0 Å². The molecule has 0 radical (unpaired) electrons. The molecular formula is C24H30O2. The van der Waals surface area contributed by atoms with Crippen molar-refractivity contribution < 1.29 is 9.59 Å². The van der Waals surface area contributed by atoms with Crippen LogP contribution in [0.3, 0.4) is 0 Å². The zero-order chi connectivity index (χ0) is 18.1. The van der Waals surface area contributed by atoms with Crippen molar-refractivity contribution in [2.24, 2.45) is 35.0 Å². The molecule has 0 aromatic heterocycles. The Kier molecular flexibility index (Phi) is 3.71. The number of allylic oxidation sites excluding steroid dienone is 5. The van der Waals surface area contributed by atoms with Gasteiger partial charge in [-0.05, 0) is 79.3 Å². The van der Waals surface area contributed by atoms with E-state index in [-0.39, 0.29) is 11.3 Å². The van der Waals surface area contributed by atoms with Gasteiger partial charge in [-0.25, -0.2) is 0 Å². The van der Waals surface area contributed by atoms with Crippen molar-refractivity contribution in [1.29, 1.82) is 0 Å². The van der Waals surface area contributed by atoms with Crippen LogP contribution < -0.4 is 0 Å². The zero-order valence-electron chi connectivity index (χ0n) is 15.9. The first-order valence-corrected chi connectivity index (χ1v) is 10.6. The number of hydrogen-bond donors (Lipinski definition) is 0. The first-order chi connectivity index (χ1) is 12.5. The zero-order valence-corrected chi connectivity index (χ0v) is 15.9. The molecule has 0 aromatic carbocycles. The summed E-state index contributed by atoms with van der Waals surface area (Å²) in [5.74, 6) is 3.04. The third-order valence-electron chi connectivity index (χ3n) is 8.34. The van der Waals surface area contributed by atoms with E-state index in [9.17, 15) is 9.59 Å². The lowest BCUT2D eigenvalue weighted by Gasteiger charge is -2.47. The van der Waals surface area contributed by atoms with E-state index in [1.54, 1.807) is 5.57 Å². The minimum Gasteiger partial charge on any atom is -0.299 e.